The fourth-order valence-electron chi connectivity index (χ4n) is 2.14. The maximum absolute atomic E-state index is 12.1. The van der Waals surface area contributed by atoms with Gasteiger partial charge in [0.15, 0.2) is 0 Å². The number of benzene rings is 1. The molecule has 1 atom stereocenters. The summed E-state index contributed by atoms with van der Waals surface area (Å²) in [7, 11) is 1.39. The summed E-state index contributed by atoms with van der Waals surface area (Å²) >= 11 is 1.66. The van der Waals surface area contributed by atoms with Crippen LogP contribution in [0.15, 0.2) is 24.3 Å². The molecule has 0 spiro atoms. The normalized spacial score (nSPS) is 17.5. The molecule has 0 bridgehead atoms. The second-order valence-electron chi connectivity index (χ2n) is 5.13. The molecule has 7 heteroatoms. The second kappa shape index (κ2) is 9.54. The molecule has 1 aromatic carbocycles. The van der Waals surface area contributed by atoms with Crippen LogP contribution in [0, 0.1) is 0 Å². The van der Waals surface area contributed by atoms with E-state index in [-0.39, 0.29) is 11.9 Å². The lowest BCUT2D eigenvalue weighted by atomic mass is 10.2. The molecule has 1 saturated heterocycles. The average molecular weight is 338 g/mol. The van der Waals surface area contributed by atoms with Gasteiger partial charge >= 0.3 is 5.97 Å². The minimum Gasteiger partial charge on any atom is -0.469 e. The zero-order valence-corrected chi connectivity index (χ0v) is 14.0. The SMILES string of the molecule is COC(=O)CCSCc1cccc(NC(=O)C2CNCCO2)c1. The molecule has 1 aromatic rings. The summed E-state index contributed by atoms with van der Waals surface area (Å²) in [5, 5.41) is 6.02. The molecule has 1 aliphatic rings. The van der Waals surface area contributed by atoms with Crippen LogP contribution in [0.4, 0.5) is 5.69 Å². The molecule has 1 amide bonds. The topological polar surface area (TPSA) is 76.7 Å². The van der Waals surface area contributed by atoms with Gasteiger partial charge in [-0.25, -0.2) is 0 Å². The number of methoxy groups -OCH3 is 1. The zero-order valence-electron chi connectivity index (χ0n) is 13.2. The van der Waals surface area contributed by atoms with Gasteiger partial charge in [0.1, 0.15) is 6.10 Å². The summed E-state index contributed by atoms with van der Waals surface area (Å²) < 4.78 is 10.0. The molecule has 6 nitrogen and oxygen atoms in total. The zero-order chi connectivity index (χ0) is 16.5. The van der Waals surface area contributed by atoms with E-state index < -0.39 is 6.10 Å². The Morgan fingerprint density at radius 2 is 2.35 bits per heavy atom. The van der Waals surface area contributed by atoms with E-state index in [9.17, 15) is 9.59 Å². The molecule has 1 aliphatic heterocycles. The predicted octanol–water partition coefficient (Wildman–Crippen LogP) is 1.41. The van der Waals surface area contributed by atoms with Crippen molar-refractivity contribution in [3.8, 4) is 0 Å². The second-order valence-corrected chi connectivity index (χ2v) is 6.24. The Hall–Kier alpha value is -1.57. The van der Waals surface area contributed by atoms with Crippen LogP contribution in [-0.4, -0.2) is 50.5 Å². The van der Waals surface area contributed by atoms with Gasteiger partial charge in [0.2, 0.25) is 0 Å². The van der Waals surface area contributed by atoms with Crippen LogP contribution >= 0.6 is 11.8 Å². The quantitative estimate of drug-likeness (QED) is 0.578. The predicted molar refractivity (Wildman–Crippen MR) is 90.5 cm³/mol. The lowest BCUT2D eigenvalue weighted by Crippen LogP contribution is -2.45. The number of hydrogen-bond donors (Lipinski definition) is 2. The van der Waals surface area contributed by atoms with Crippen LogP contribution in [0.1, 0.15) is 12.0 Å². The van der Waals surface area contributed by atoms with E-state index in [1.807, 2.05) is 24.3 Å². The van der Waals surface area contributed by atoms with Crippen molar-refractivity contribution >= 4 is 29.3 Å². The van der Waals surface area contributed by atoms with Crippen molar-refractivity contribution in [2.45, 2.75) is 18.3 Å². The van der Waals surface area contributed by atoms with E-state index in [1.165, 1.54) is 7.11 Å². The molecule has 0 saturated carbocycles. The van der Waals surface area contributed by atoms with Crippen molar-refractivity contribution in [1.29, 1.82) is 0 Å². The lowest BCUT2D eigenvalue weighted by Gasteiger charge is -2.22. The highest BCUT2D eigenvalue weighted by molar-refractivity contribution is 7.98. The third kappa shape index (κ3) is 6.21. The van der Waals surface area contributed by atoms with Gasteiger partial charge in [-0.05, 0) is 17.7 Å². The first-order valence-electron chi connectivity index (χ1n) is 7.55. The van der Waals surface area contributed by atoms with Crippen molar-refractivity contribution in [3.63, 3.8) is 0 Å². The number of thioether (sulfide) groups is 1. The maximum Gasteiger partial charge on any atom is 0.306 e. The number of carbonyl (C=O) groups is 2. The van der Waals surface area contributed by atoms with E-state index in [1.54, 1.807) is 11.8 Å². The summed E-state index contributed by atoms with van der Waals surface area (Å²) in [5.74, 6) is 1.17. The summed E-state index contributed by atoms with van der Waals surface area (Å²) in [5.41, 5.74) is 1.86. The van der Waals surface area contributed by atoms with Crippen molar-refractivity contribution in [2.75, 3.05) is 37.9 Å². The number of carbonyl (C=O) groups excluding carboxylic acids is 2. The van der Waals surface area contributed by atoms with E-state index >= 15 is 0 Å². The van der Waals surface area contributed by atoms with E-state index in [4.69, 9.17) is 4.74 Å². The molecule has 1 unspecified atom stereocenters. The molecule has 0 aliphatic carbocycles. The van der Waals surface area contributed by atoms with Gasteiger partial charge in [-0.2, -0.15) is 11.8 Å². The fourth-order valence-corrected chi connectivity index (χ4v) is 3.01. The maximum atomic E-state index is 12.1. The number of ether oxygens (including phenoxy) is 2. The molecule has 23 heavy (non-hydrogen) atoms. The summed E-state index contributed by atoms with van der Waals surface area (Å²) in [6, 6.07) is 7.71. The highest BCUT2D eigenvalue weighted by Crippen LogP contribution is 2.17. The van der Waals surface area contributed by atoms with Crippen molar-refractivity contribution in [2.24, 2.45) is 0 Å². The van der Waals surface area contributed by atoms with Gasteiger partial charge < -0.3 is 20.1 Å². The average Bonchev–Trinajstić information content (AvgIpc) is 2.59. The van der Waals surface area contributed by atoms with Crippen LogP contribution in [0.2, 0.25) is 0 Å². The van der Waals surface area contributed by atoms with Gasteiger partial charge in [-0.15, -0.1) is 0 Å². The third-order valence-electron chi connectivity index (χ3n) is 3.36. The highest BCUT2D eigenvalue weighted by atomic mass is 32.2. The number of morpholine rings is 1. The Balaban J connectivity index is 1.79. The third-order valence-corrected chi connectivity index (χ3v) is 4.39. The Morgan fingerprint density at radius 3 is 3.09 bits per heavy atom. The Kier molecular flexibility index (Phi) is 7.38. The largest absolute Gasteiger partial charge is 0.469 e. The van der Waals surface area contributed by atoms with Crippen LogP contribution < -0.4 is 10.6 Å². The van der Waals surface area contributed by atoms with E-state index in [0.717, 1.165) is 23.5 Å². The van der Waals surface area contributed by atoms with Gasteiger partial charge in [-0.1, -0.05) is 12.1 Å². The van der Waals surface area contributed by atoms with Gasteiger partial charge in [0, 0.05) is 30.3 Å². The Labute approximate surface area is 140 Å². The first kappa shape index (κ1) is 17.8. The summed E-state index contributed by atoms with van der Waals surface area (Å²) in [4.78, 5) is 23.2. The smallest absolute Gasteiger partial charge is 0.306 e. The summed E-state index contributed by atoms with van der Waals surface area (Å²) in [6.45, 7) is 1.87. The molecule has 2 N–H and O–H groups in total. The molecule has 126 valence electrons. The van der Waals surface area contributed by atoms with Crippen molar-refractivity contribution in [3.05, 3.63) is 29.8 Å². The first-order chi connectivity index (χ1) is 11.2. The number of hydrogen-bond acceptors (Lipinski definition) is 6. The molecular weight excluding hydrogens is 316 g/mol. The molecule has 0 aromatic heterocycles. The Morgan fingerprint density at radius 1 is 1.48 bits per heavy atom. The number of rotatable bonds is 7. The van der Waals surface area contributed by atoms with Crippen LogP contribution in [0.25, 0.3) is 0 Å². The van der Waals surface area contributed by atoms with E-state index in [2.05, 4.69) is 15.4 Å². The number of amides is 1. The monoisotopic (exact) mass is 338 g/mol. The first-order valence-corrected chi connectivity index (χ1v) is 8.71. The number of esters is 1. The van der Waals surface area contributed by atoms with Gasteiger partial charge in [0.05, 0.1) is 20.1 Å². The van der Waals surface area contributed by atoms with Crippen molar-refractivity contribution in [1.82, 2.24) is 5.32 Å². The van der Waals surface area contributed by atoms with Crippen LogP contribution in [0.3, 0.4) is 0 Å². The minimum absolute atomic E-state index is 0.132. The van der Waals surface area contributed by atoms with Gasteiger partial charge in [-0.3, -0.25) is 9.59 Å². The molecule has 2 rings (SSSR count). The van der Waals surface area contributed by atoms with Crippen LogP contribution in [-0.2, 0) is 24.8 Å². The molecule has 1 fully saturated rings. The number of anilines is 1. The van der Waals surface area contributed by atoms with Crippen LogP contribution in [0.5, 0.6) is 0 Å². The van der Waals surface area contributed by atoms with E-state index in [0.29, 0.717) is 25.3 Å². The summed E-state index contributed by atoms with van der Waals surface area (Å²) in [6.07, 6.45) is -0.0364. The van der Waals surface area contributed by atoms with Gasteiger partial charge in [0.25, 0.3) is 5.91 Å². The molecular formula is C16H22N2O4S. The number of nitrogens with one attached hydrogen (secondary N) is 2. The fraction of sp³-hybridized carbons (Fsp3) is 0.500. The molecule has 0 radical (unpaired) electrons. The Bertz CT molecular complexity index is 533. The minimum atomic E-state index is -0.443. The molecule has 1 heterocycles. The lowest BCUT2D eigenvalue weighted by molar-refractivity contribution is -0.140. The standard InChI is InChI=1S/C16H22N2O4S/c1-21-15(19)5-8-23-11-12-3-2-4-13(9-12)18-16(20)14-10-17-6-7-22-14/h2-4,9,14,17H,5-8,10-11H2,1H3,(H,18,20). The van der Waals surface area contributed by atoms with Crippen molar-refractivity contribution < 1.29 is 19.1 Å². The highest BCUT2D eigenvalue weighted by Gasteiger charge is 2.21.